The van der Waals surface area contributed by atoms with Crippen molar-refractivity contribution in [3.63, 3.8) is 0 Å². The third-order valence-electron chi connectivity index (χ3n) is 5.67. The van der Waals surface area contributed by atoms with Crippen molar-refractivity contribution in [1.82, 2.24) is 0 Å². The van der Waals surface area contributed by atoms with Gasteiger partial charge in [0.05, 0.1) is 5.92 Å². The number of rotatable bonds is 8. The molecule has 0 aliphatic heterocycles. The Balaban J connectivity index is 1.59. The standard InChI is InChI=1S/C26H22O5/c27-16-22-23(21-14-8-3-9-15-21)26(22,24(28)30-17-19-10-4-1-5-11-19)25(29)31-18-20-12-6-2-7-13-20/h1-16,22-23H,17-18H2/t22-,23-/m1/s1. The van der Waals surface area contributed by atoms with Gasteiger partial charge in [-0.1, -0.05) is 91.0 Å². The van der Waals surface area contributed by atoms with Crippen LogP contribution in [0, 0.1) is 11.3 Å². The normalized spacial score (nSPS) is 18.6. The van der Waals surface area contributed by atoms with Crippen LogP contribution in [0.15, 0.2) is 91.0 Å². The van der Waals surface area contributed by atoms with E-state index < -0.39 is 29.2 Å². The Labute approximate surface area is 180 Å². The minimum Gasteiger partial charge on any atom is -0.460 e. The van der Waals surface area contributed by atoms with Crippen LogP contribution in [-0.4, -0.2) is 18.2 Å². The molecule has 0 bridgehead atoms. The minimum atomic E-state index is -1.67. The molecule has 0 N–H and O–H groups in total. The predicted molar refractivity (Wildman–Crippen MR) is 114 cm³/mol. The van der Waals surface area contributed by atoms with Crippen molar-refractivity contribution in [1.29, 1.82) is 0 Å². The van der Waals surface area contributed by atoms with Crippen LogP contribution >= 0.6 is 0 Å². The van der Waals surface area contributed by atoms with E-state index in [-0.39, 0.29) is 13.2 Å². The highest BCUT2D eigenvalue weighted by Crippen LogP contribution is 2.65. The molecule has 5 heteroatoms. The second kappa shape index (κ2) is 8.96. The Hall–Kier alpha value is -3.73. The van der Waals surface area contributed by atoms with Gasteiger partial charge < -0.3 is 14.3 Å². The first kappa shape index (κ1) is 20.5. The molecule has 0 heterocycles. The fourth-order valence-electron chi connectivity index (χ4n) is 4.03. The smallest absolute Gasteiger partial charge is 0.325 e. The van der Waals surface area contributed by atoms with Crippen LogP contribution in [0.4, 0.5) is 0 Å². The fourth-order valence-corrected chi connectivity index (χ4v) is 4.03. The summed E-state index contributed by atoms with van der Waals surface area (Å²) in [6, 6.07) is 27.5. The van der Waals surface area contributed by atoms with Gasteiger partial charge in [0, 0.05) is 5.92 Å². The number of carbonyl (C=O) groups excluding carboxylic acids is 3. The van der Waals surface area contributed by atoms with Crippen molar-refractivity contribution in [3.8, 4) is 0 Å². The minimum absolute atomic E-state index is 0.0144. The quantitative estimate of drug-likeness (QED) is 0.316. The van der Waals surface area contributed by atoms with Crippen molar-refractivity contribution in [2.45, 2.75) is 19.1 Å². The van der Waals surface area contributed by atoms with Crippen molar-refractivity contribution in [2.75, 3.05) is 0 Å². The van der Waals surface area contributed by atoms with E-state index in [4.69, 9.17) is 9.47 Å². The van der Waals surface area contributed by atoms with Crippen LogP contribution in [0.2, 0.25) is 0 Å². The van der Waals surface area contributed by atoms with Gasteiger partial charge in [-0.25, -0.2) is 0 Å². The van der Waals surface area contributed by atoms with Crippen LogP contribution < -0.4 is 0 Å². The van der Waals surface area contributed by atoms with Gasteiger partial charge in [-0.05, 0) is 16.7 Å². The molecule has 3 aromatic rings. The second-order valence-corrected chi connectivity index (χ2v) is 7.54. The largest absolute Gasteiger partial charge is 0.460 e. The third-order valence-corrected chi connectivity index (χ3v) is 5.67. The molecule has 0 radical (unpaired) electrons. The maximum Gasteiger partial charge on any atom is 0.325 e. The summed E-state index contributed by atoms with van der Waals surface area (Å²) in [5, 5.41) is 0. The van der Waals surface area contributed by atoms with Gasteiger partial charge in [-0.15, -0.1) is 0 Å². The van der Waals surface area contributed by atoms with Gasteiger partial charge in [-0.2, -0.15) is 0 Å². The second-order valence-electron chi connectivity index (χ2n) is 7.54. The topological polar surface area (TPSA) is 69.7 Å². The summed E-state index contributed by atoms with van der Waals surface area (Å²) in [4.78, 5) is 38.4. The van der Waals surface area contributed by atoms with Crippen LogP contribution in [0.3, 0.4) is 0 Å². The first-order valence-corrected chi connectivity index (χ1v) is 10.1. The Kier molecular flexibility index (Phi) is 5.94. The molecule has 3 aromatic carbocycles. The Morgan fingerprint density at radius 1 is 0.710 bits per heavy atom. The molecule has 4 rings (SSSR count). The fraction of sp³-hybridized carbons (Fsp3) is 0.192. The Morgan fingerprint density at radius 2 is 1.13 bits per heavy atom. The summed E-state index contributed by atoms with van der Waals surface area (Å²) >= 11 is 0. The first-order valence-electron chi connectivity index (χ1n) is 10.1. The highest BCUT2D eigenvalue weighted by Gasteiger charge is 2.77. The van der Waals surface area contributed by atoms with E-state index in [9.17, 15) is 14.4 Å². The molecule has 0 amide bonds. The lowest BCUT2D eigenvalue weighted by atomic mass is 9.98. The number of ether oxygens (including phenoxy) is 2. The summed E-state index contributed by atoms with van der Waals surface area (Å²) in [6.45, 7) is 0.0287. The number of esters is 2. The summed E-state index contributed by atoms with van der Waals surface area (Å²) < 4.78 is 11.0. The van der Waals surface area contributed by atoms with Gasteiger partial charge in [0.2, 0.25) is 0 Å². The summed E-state index contributed by atoms with van der Waals surface area (Å²) in [5.74, 6) is -2.92. The van der Waals surface area contributed by atoms with Gasteiger partial charge >= 0.3 is 11.9 Å². The zero-order chi connectivity index (χ0) is 21.7. The molecular formula is C26H22O5. The maximum atomic E-state index is 13.2. The van der Waals surface area contributed by atoms with Crippen molar-refractivity contribution in [3.05, 3.63) is 108 Å². The first-order chi connectivity index (χ1) is 15.2. The number of aldehydes is 1. The van der Waals surface area contributed by atoms with E-state index in [1.807, 2.05) is 78.9 Å². The van der Waals surface area contributed by atoms with Gasteiger partial charge in [-0.3, -0.25) is 9.59 Å². The zero-order valence-electron chi connectivity index (χ0n) is 16.8. The molecule has 156 valence electrons. The lowest BCUT2D eigenvalue weighted by Crippen LogP contribution is -2.33. The highest BCUT2D eigenvalue weighted by atomic mass is 16.6. The molecule has 0 unspecified atom stereocenters. The molecule has 0 aromatic heterocycles. The van der Waals surface area contributed by atoms with Crippen molar-refractivity contribution in [2.24, 2.45) is 11.3 Å². The molecule has 1 saturated carbocycles. The number of carbonyl (C=O) groups is 3. The zero-order valence-corrected chi connectivity index (χ0v) is 16.8. The molecule has 31 heavy (non-hydrogen) atoms. The third kappa shape index (κ3) is 3.99. The van der Waals surface area contributed by atoms with Crippen molar-refractivity contribution >= 4 is 18.2 Å². The van der Waals surface area contributed by atoms with Crippen molar-refractivity contribution < 1.29 is 23.9 Å². The van der Waals surface area contributed by atoms with Gasteiger partial charge in [0.1, 0.15) is 19.5 Å². The molecule has 0 saturated heterocycles. The summed E-state index contributed by atoms with van der Waals surface area (Å²) in [7, 11) is 0. The average Bonchev–Trinajstić information content (AvgIpc) is 3.53. The molecular weight excluding hydrogens is 392 g/mol. The Morgan fingerprint density at radius 3 is 1.55 bits per heavy atom. The van der Waals surface area contributed by atoms with Gasteiger partial charge in [0.25, 0.3) is 0 Å². The number of hydrogen-bond donors (Lipinski definition) is 0. The Bertz CT molecular complexity index is 991. The van der Waals surface area contributed by atoms with Crippen LogP contribution in [-0.2, 0) is 37.1 Å². The highest BCUT2D eigenvalue weighted by molar-refractivity contribution is 6.09. The molecule has 1 aliphatic carbocycles. The molecule has 2 atom stereocenters. The lowest BCUT2D eigenvalue weighted by Gasteiger charge is -2.16. The molecule has 1 fully saturated rings. The SMILES string of the molecule is O=C[C@@H]1[C@@H](c2ccccc2)C1(C(=O)OCc1ccccc1)C(=O)OCc1ccccc1. The monoisotopic (exact) mass is 414 g/mol. The van der Waals surface area contributed by atoms with Gasteiger partial charge in [0.15, 0.2) is 5.41 Å². The van der Waals surface area contributed by atoms with E-state index in [2.05, 4.69) is 0 Å². The molecule has 0 spiro atoms. The molecule has 5 nitrogen and oxygen atoms in total. The van der Waals surface area contributed by atoms with Crippen LogP contribution in [0.1, 0.15) is 22.6 Å². The number of benzene rings is 3. The summed E-state index contributed by atoms with van der Waals surface area (Å²) in [5.41, 5.74) is 0.645. The lowest BCUT2D eigenvalue weighted by molar-refractivity contribution is -0.168. The van der Waals surface area contributed by atoms with E-state index in [0.29, 0.717) is 6.29 Å². The summed E-state index contributed by atoms with van der Waals surface area (Å²) in [6.07, 6.45) is 0.658. The molecule has 1 aliphatic rings. The number of hydrogen-bond acceptors (Lipinski definition) is 5. The average molecular weight is 414 g/mol. The van der Waals surface area contributed by atoms with E-state index in [1.165, 1.54) is 0 Å². The van der Waals surface area contributed by atoms with Crippen LogP contribution in [0.5, 0.6) is 0 Å². The maximum absolute atomic E-state index is 13.2. The van der Waals surface area contributed by atoms with E-state index in [0.717, 1.165) is 16.7 Å². The predicted octanol–water partition coefficient (Wildman–Crippen LogP) is 4.07. The van der Waals surface area contributed by atoms with Crippen LogP contribution in [0.25, 0.3) is 0 Å². The van der Waals surface area contributed by atoms with E-state index >= 15 is 0 Å². The van der Waals surface area contributed by atoms with E-state index in [1.54, 1.807) is 12.1 Å².